The SMILES string of the molecule is Cc1cccnc1C(CN)C(F)F. The van der Waals surface area contributed by atoms with Crippen molar-refractivity contribution in [1.82, 2.24) is 4.98 Å². The monoisotopic (exact) mass is 186 g/mol. The van der Waals surface area contributed by atoms with Gasteiger partial charge in [0, 0.05) is 12.7 Å². The summed E-state index contributed by atoms with van der Waals surface area (Å²) < 4.78 is 24.9. The summed E-state index contributed by atoms with van der Waals surface area (Å²) in [6, 6.07) is 3.48. The Morgan fingerprint density at radius 3 is 2.69 bits per heavy atom. The van der Waals surface area contributed by atoms with Crippen LogP contribution in [0.2, 0.25) is 0 Å². The molecule has 1 aromatic rings. The first-order chi connectivity index (χ1) is 6.16. The van der Waals surface area contributed by atoms with Crippen molar-refractivity contribution in [2.75, 3.05) is 6.54 Å². The molecule has 0 saturated carbocycles. The Bertz CT molecular complexity index is 276. The number of nitrogens with zero attached hydrogens (tertiary/aromatic N) is 1. The van der Waals surface area contributed by atoms with Gasteiger partial charge in [-0.25, -0.2) is 8.78 Å². The first kappa shape index (κ1) is 10.1. The van der Waals surface area contributed by atoms with Gasteiger partial charge in [0.1, 0.15) is 0 Å². The summed E-state index contributed by atoms with van der Waals surface area (Å²) in [5, 5.41) is 0. The van der Waals surface area contributed by atoms with Crippen LogP contribution in [-0.2, 0) is 0 Å². The predicted octanol–water partition coefficient (Wildman–Crippen LogP) is 1.70. The lowest BCUT2D eigenvalue weighted by atomic mass is 10.0. The third-order valence-electron chi connectivity index (χ3n) is 1.96. The number of nitrogens with two attached hydrogens (primary N) is 1. The van der Waals surface area contributed by atoms with Gasteiger partial charge in [0.15, 0.2) is 0 Å². The van der Waals surface area contributed by atoms with E-state index in [0.717, 1.165) is 5.56 Å². The molecule has 0 spiro atoms. The number of hydrogen-bond donors (Lipinski definition) is 1. The molecule has 1 heterocycles. The highest BCUT2D eigenvalue weighted by molar-refractivity contribution is 5.22. The smallest absolute Gasteiger partial charge is 0.248 e. The molecule has 0 saturated heterocycles. The van der Waals surface area contributed by atoms with Gasteiger partial charge in [0.05, 0.1) is 11.6 Å². The van der Waals surface area contributed by atoms with Crippen molar-refractivity contribution in [2.24, 2.45) is 5.73 Å². The number of aromatic nitrogens is 1. The molecule has 0 fully saturated rings. The van der Waals surface area contributed by atoms with Crippen LogP contribution in [0.1, 0.15) is 17.2 Å². The molecular formula is C9H12F2N2. The van der Waals surface area contributed by atoms with E-state index in [1.165, 1.54) is 6.20 Å². The van der Waals surface area contributed by atoms with E-state index in [4.69, 9.17) is 5.73 Å². The van der Waals surface area contributed by atoms with Gasteiger partial charge >= 0.3 is 0 Å². The van der Waals surface area contributed by atoms with Gasteiger partial charge in [-0.2, -0.15) is 0 Å². The lowest BCUT2D eigenvalue weighted by Gasteiger charge is -2.14. The maximum absolute atomic E-state index is 12.4. The minimum absolute atomic E-state index is 0.0739. The summed E-state index contributed by atoms with van der Waals surface area (Å²) in [5.74, 6) is -0.943. The molecule has 2 nitrogen and oxygen atoms in total. The van der Waals surface area contributed by atoms with Gasteiger partial charge in [-0.15, -0.1) is 0 Å². The van der Waals surface area contributed by atoms with E-state index in [9.17, 15) is 8.78 Å². The predicted molar refractivity (Wildman–Crippen MR) is 46.8 cm³/mol. The van der Waals surface area contributed by atoms with E-state index < -0.39 is 12.3 Å². The summed E-state index contributed by atoms with van der Waals surface area (Å²) in [4.78, 5) is 3.91. The van der Waals surface area contributed by atoms with E-state index in [1.807, 2.05) is 0 Å². The Kier molecular flexibility index (Phi) is 3.31. The fourth-order valence-corrected chi connectivity index (χ4v) is 1.22. The maximum atomic E-state index is 12.4. The molecule has 72 valence electrons. The second-order valence-corrected chi connectivity index (χ2v) is 2.88. The zero-order valence-corrected chi connectivity index (χ0v) is 7.37. The second-order valence-electron chi connectivity index (χ2n) is 2.88. The largest absolute Gasteiger partial charge is 0.330 e. The third kappa shape index (κ3) is 2.21. The van der Waals surface area contributed by atoms with Crippen molar-refractivity contribution >= 4 is 0 Å². The Balaban J connectivity index is 2.97. The Hall–Kier alpha value is -1.03. The van der Waals surface area contributed by atoms with Crippen LogP contribution in [0.3, 0.4) is 0 Å². The highest BCUT2D eigenvalue weighted by Crippen LogP contribution is 2.22. The van der Waals surface area contributed by atoms with Crippen LogP contribution < -0.4 is 5.73 Å². The van der Waals surface area contributed by atoms with E-state index in [2.05, 4.69) is 4.98 Å². The van der Waals surface area contributed by atoms with Crippen LogP contribution in [-0.4, -0.2) is 18.0 Å². The Labute approximate surface area is 75.8 Å². The average Bonchev–Trinajstić information content (AvgIpc) is 2.09. The number of alkyl halides is 2. The Morgan fingerprint density at radius 2 is 2.23 bits per heavy atom. The molecule has 2 N–H and O–H groups in total. The van der Waals surface area contributed by atoms with E-state index in [1.54, 1.807) is 19.1 Å². The van der Waals surface area contributed by atoms with Crippen LogP contribution in [0.4, 0.5) is 8.78 Å². The number of halogens is 2. The average molecular weight is 186 g/mol. The molecule has 1 unspecified atom stereocenters. The number of pyridine rings is 1. The standard InChI is InChI=1S/C9H12F2N2/c1-6-3-2-4-13-8(6)7(5-12)9(10)11/h2-4,7,9H,5,12H2,1H3. The number of rotatable bonds is 3. The molecule has 1 aromatic heterocycles. The van der Waals surface area contributed by atoms with Crippen molar-refractivity contribution in [3.05, 3.63) is 29.6 Å². The minimum atomic E-state index is -2.45. The van der Waals surface area contributed by atoms with Crippen LogP contribution >= 0.6 is 0 Å². The first-order valence-corrected chi connectivity index (χ1v) is 4.06. The molecule has 4 heteroatoms. The topological polar surface area (TPSA) is 38.9 Å². The molecule has 0 bridgehead atoms. The van der Waals surface area contributed by atoms with E-state index >= 15 is 0 Å². The zero-order chi connectivity index (χ0) is 9.84. The van der Waals surface area contributed by atoms with Crippen molar-refractivity contribution in [3.8, 4) is 0 Å². The number of hydrogen-bond acceptors (Lipinski definition) is 2. The fourth-order valence-electron chi connectivity index (χ4n) is 1.22. The van der Waals surface area contributed by atoms with Crippen LogP contribution in [0, 0.1) is 6.92 Å². The second kappa shape index (κ2) is 4.28. The molecule has 0 aromatic carbocycles. The molecule has 0 radical (unpaired) electrons. The first-order valence-electron chi connectivity index (χ1n) is 4.06. The van der Waals surface area contributed by atoms with Crippen molar-refractivity contribution in [2.45, 2.75) is 19.3 Å². The lowest BCUT2D eigenvalue weighted by Crippen LogP contribution is -2.21. The van der Waals surface area contributed by atoms with Gasteiger partial charge in [0.2, 0.25) is 6.43 Å². The molecule has 0 aliphatic rings. The molecule has 0 aliphatic heterocycles. The minimum Gasteiger partial charge on any atom is -0.330 e. The summed E-state index contributed by atoms with van der Waals surface area (Å²) in [5.41, 5.74) is 6.42. The van der Waals surface area contributed by atoms with E-state index in [0.29, 0.717) is 5.69 Å². The summed E-state index contributed by atoms with van der Waals surface area (Å²) in [6.07, 6.45) is -0.938. The van der Waals surface area contributed by atoms with Crippen LogP contribution in [0.15, 0.2) is 18.3 Å². The van der Waals surface area contributed by atoms with E-state index in [-0.39, 0.29) is 6.54 Å². The molecular weight excluding hydrogens is 174 g/mol. The molecule has 1 rings (SSSR count). The fraction of sp³-hybridized carbons (Fsp3) is 0.444. The zero-order valence-electron chi connectivity index (χ0n) is 7.37. The quantitative estimate of drug-likeness (QED) is 0.780. The van der Waals surface area contributed by atoms with Crippen molar-refractivity contribution in [1.29, 1.82) is 0 Å². The molecule has 13 heavy (non-hydrogen) atoms. The van der Waals surface area contributed by atoms with Crippen LogP contribution in [0.25, 0.3) is 0 Å². The third-order valence-corrected chi connectivity index (χ3v) is 1.96. The highest BCUT2D eigenvalue weighted by atomic mass is 19.3. The van der Waals surface area contributed by atoms with Crippen molar-refractivity contribution < 1.29 is 8.78 Å². The summed E-state index contributed by atoms with van der Waals surface area (Å²) in [6.45, 7) is 1.68. The lowest BCUT2D eigenvalue weighted by molar-refractivity contribution is 0.115. The highest BCUT2D eigenvalue weighted by Gasteiger charge is 2.23. The summed E-state index contributed by atoms with van der Waals surface area (Å²) >= 11 is 0. The summed E-state index contributed by atoms with van der Waals surface area (Å²) in [7, 11) is 0. The molecule has 0 amide bonds. The van der Waals surface area contributed by atoms with Gasteiger partial charge in [-0.05, 0) is 18.6 Å². The molecule has 1 atom stereocenters. The van der Waals surface area contributed by atoms with Crippen molar-refractivity contribution in [3.63, 3.8) is 0 Å². The maximum Gasteiger partial charge on any atom is 0.248 e. The van der Waals surface area contributed by atoms with Gasteiger partial charge in [-0.1, -0.05) is 6.07 Å². The Morgan fingerprint density at radius 1 is 1.54 bits per heavy atom. The van der Waals surface area contributed by atoms with Crippen LogP contribution in [0.5, 0.6) is 0 Å². The number of aryl methyl sites for hydroxylation is 1. The van der Waals surface area contributed by atoms with Gasteiger partial charge in [0.25, 0.3) is 0 Å². The molecule has 0 aliphatic carbocycles. The normalized spacial score (nSPS) is 13.3. The van der Waals surface area contributed by atoms with Gasteiger partial charge in [-0.3, -0.25) is 4.98 Å². The van der Waals surface area contributed by atoms with Gasteiger partial charge < -0.3 is 5.73 Å².